The van der Waals surface area contributed by atoms with E-state index in [9.17, 15) is 19.3 Å². The molecular weight excluding hydrogens is 229 g/mol. The van der Waals surface area contributed by atoms with Gasteiger partial charge in [0.05, 0.1) is 16.6 Å². The van der Waals surface area contributed by atoms with Crippen molar-refractivity contribution < 1.29 is 14.1 Å². The highest BCUT2D eigenvalue weighted by Crippen LogP contribution is 2.17. The number of hydrogen-bond donors (Lipinski definition) is 0. The lowest BCUT2D eigenvalue weighted by atomic mass is 10.1. The number of non-ortho nitro benzene ring substituents is 1. The third-order valence-electron chi connectivity index (χ3n) is 2.05. The Kier molecular flexibility index (Phi) is 3.72. The zero-order chi connectivity index (χ0) is 13.0. The Morgan fingerprint density at radius 2 is 2.29 bits per heavy atom. The maximum absolute atomic E-state index is 13.3. The van der Waals surface area contributed by atoms with Crippen molar-refractivity contribution in [3.8, 4) is 6.07 Å². The molecule has 0 saturated carbocycles. The third-order valence-corrected chi connectivity index (χ3v) is 2.05. The van der Waals surface area contributed by atoms with Crippen LogP contribution in [0.1, 0.15) is 10.4 Å². The molecule has 0 atom stereocenters. The van der Waals surface area contributed by atoms with Gasteiger partial charge in [-0.1, -0.05) is 0 Å². The third kappa shape index (κ3) is 2.75. The number of nitro benzene ring substituents is 1. The highest BCUT2D eigenvalue weighted by Gasteiger charge is 2.19. The standard InChI is InChI=1S/C10H8FN3O3/c1-13(5-4-12)10(15)8-6-7(14(16)17)2-3-9(8)11/h2-3,6H,5H2,1H3. The average Bonchev–Trinajstić information content (AvgIpc) is 2.28. The number of halogens is 1. The minimum Gasteiger partial charge on any atom is -0.328 e. The van der Waals surface area contributed by atoms with E-state index in [1.54, 1.807) is 6.07 Å². The lowest BCUT2D eigenvalue weighted by Gasteiger charge is -2.13. The first-order valence-electron chi connectivity index (χ1n) is 4.53. The van der Waals surface area contributed by atoms with Crippen LogP contribution in [0.25, 0.3) is 0 Å². The molecule has 0 radical (unpaired) electrons. The number of amides is 1. The molecule has 17 heavy (non-hydrogen) atoms. The van der Waals surface area contributed by atoms with E-state index in [-0.39, 0.29) is 12.2 Å². The van der Waals surface area contributed by atoms with Crippen molar-refractivity contribution in [3.63, 3.8) is 0 Å². The largest absolute Gasteiger partial charge is 0.328 e. The van der Waals surface area contributed by atoms with Gasteiger partial charge in [0.15, 0.2) is 0 Å². The summed E-state index contributed by atoms with van der Waals surface area (Å²) in [5, 5.41) is 18.9. The van der Waals surface area contributed by atoms with Gasteiger partial charge in [0.1, 0.15) is 12.4 Å². The molecule has 0 aromatic heterocycles. The summed E-state index contributed by atoms with van der Waals surface area (Å²) in [5.74, 6) is -1.63. The quantitative estimate of drug-likeness (QED) is 0.450. The fourth-order valence-electron chi connectivity index (χ4n) is 1.17. The number of hydrogen-bond acceptors (Lipinski definition) is 4. The first-order chi connectivity index (χ1) is 7.97. The smallest absolute Gasteiger partial charge is 0.270 e. The Morgan fingerprint density at radius 1 is 1.65 bits per heavy atom. The number of rotatable bonds is 3. The van der Waals surface area contributed by atoms with Gasteiger partial charge in [-0.25, -0.2) is 4.39 Å². The Bertz CT molecular complexity index is 510. The molecule has 1 aromatic rings. The molecule has 0 spiro atoms. The van der Waals surface area contributed by atoms with E-state index in [0.717, 1.165) is 23.1 Å². The zero-order valence-electron chi connectivity index (χ0n) is 8.88. The number of benzene rings is 1. The number of nitriles is 1. The van der Waals surface area contributed by atoms with Gasteiger partial charge in [0, 0.05) is 19.2 Å². The summed E-state index contributed by atoms with van der Waals surface area (Å²) in [4.78, 5) is 22.4. The minimum absolute atomic E-state index is 0.221. The van der Waals surface area contributed by atoms with Gasteiger partial charge in [-0.2, -0.15) is 5.26 Å². The second kappa shape index (κ2) is 5.03. The normalized spacial score (nSPS) is 9.47. The van der Waals surface area contributed by atoms with Crippen molar-refractivity contribution in [3.05, 3.63) is 39.7 Å². The van der Waals surface area contributed by atoms with Gasteiger partial charge < -0.3 is 4.90 Å². The minimum atomic E-state index is -0.856. The lowest BCUT2D eigenvalue weighted by molar-refractivity contribution is -0.384. The second-order valence-electron chi connectivity index (χ2n) is 3.24. The predicted molar refractivity (Wildman–Crippen MR) is 55.6 cm³/mol. The Hall–Kier alpha value is -2.49. The molecular formula is C10H8FN3O3. The van der Waals surface area contributed by atoms with E-state index in [1.165, 1.54) is 7.05 Å². The van der Waals surface area contributed by atoms with Gasteiger partial charge >= 0.3 is 0 Å². The van der Waals surface area contributed by atoms with Crippen LogP contribution in [-0.2, 0) is 0 Å². The summed E-state index contributed by atoms with van der Waals surface area (Å²) < 4.78 is 13.3. The summed E-state index contributed by atoms with van der Waals surface area (Å²) >= 11 is 0. The topological polar surface area (TPSA) is 87.2 Å². The van der Waals surface area contributed by atoms with Crippen molar-refractivity contribution >= 4 is 11.6 Å². The van der Waals surface area contributed by atoms with Crippen LogP contribution in [0.5, 0.6) is 0 Å². The van der Waals surface area contributed by atoms with Crippen molar-refractivity contribution in [1.82, 2.24) is 4.90 Å². The lowest BCUT2D eigenvalue weighted by Crippen LogP contribution is -2.27. The molecule has 0 N–H and O–H groups in total. The fourth-order valence-corrected chi connectivity index (χ4v) is 1.17. The second-order valence-corrected chi connectivity index (χ2v) is 3.24. The summed E-state index contributed by atoms with van der Waals surface area (Å²) in [6.07, 6.45) is 0. The molecule has 6 nitrogen and oxygen atoms in total. The van der Waals surface area contributed by atoms with Gasteiger partial charge in [-0.05, 0) is 6.07 Å². The maximum Gasteiger partial charge on any atom is 0.270 e. The Morgan fingerprint density at radius 3 is 2.82 bits per heavy atom. The molecule has 0 bridgehead atoms. The molecule has 0 unspecified atom stereocenters. The molecule has 0 aliphatic rings. The molecule has 1 aromatic carbocycles. The van der Waals surface area contributed by atoms with E-state index in [4.69, 9.17) is 5.26 Å². The average molecular weight is 237 g/mol. The molecule has 0 aliphatic carbocycles. The van der Waals surface area contributed by atoms with Crippen molar-refractivity contribution in [2.75, 3.05) is 13.6 Å². The SMILES string of the molecule is CN(CC#N)C(=O)c1cc([N+](=O)[O-])ccc1F. The summed E-state index contributed by atoms with van der Waals surface area (Å²) in [6.45, 7) is -0.221. The van der Waals surface area contributed by atoms with Gasteiger partial charge in [-0.15, -0.1) is 0 Å². The van der Waals surface area contributed by atoms with Gasteiger partial charge in [0.2, 0.25) is 0 Å². The van der Waals surface area contributed by atoms with Crippen LogP contribution in [0.15, 0.2) is 18.2 Å². The molecule has 0 aliphatic heterocycles. The maximum atomic E-state index is 13.3. The predicted octanol–water partition coefficient (Wildman–Crippen LogP) is 1.33. The van der Waals surface area contributed by atoms with Crippen LogP contribution in [0.2, 0.25) is 0 Å². The zero-order valence-corrected chi connectivity index (χ0v) is 8.88. The highest BCUT2D eigenvalue weighted by molar-refractivity contribution is 5.95. The van der Waals surface area contributed by atoms with E-state index in [2.05, 4.69) is 0 Å². The summed E-state index contributed by atoms with van der Waals surface area (Å²) in [6, 6.07) is 4.40. The van der Waals surface area contributed by atoms with Crippen LogP contribution < -0.4 is 0 Å². The van der Waals surface area contributed by atoms with Gasteiger partial charge in [0.25, 0.3) is 11.6 Å². The number of nitrogens with zero attached hydrogens (tertiary/aromatic N) is 3. The first kappa shape index (κ1) is 12.6. The summed E-state index contributed by atoms with van der Waals surface area (Å²) in [7, 11) is 1.31. The van der Waals surface area contributed by atoms with E-state index in [0.29, 0.717) is 0 Å². The van der Waals surface area contributed by atoms with Crippen molar-refractivity contribution in [2.24, 2.45) is 0 Å². The van der Waals surface area contributed by atoms with E-state index >= 15 is 0 Å². The Balaban J connectivity index is 3.13. The number of carbonyl (C=O) groups is 1. The number of carbonyl (C=O) groups excluding carboxylic acids is 1. The highest BCUT2D eigenvalue weighted by atomic mass is 19.1. The molecule has 88 valence electrons. The Labute approximate surface area is 96.0 Å². The van der Waals surface area contributed by atoms with Crippen LogP contribution in [0.4, 0.5) is 10.1 Å². The van der Waals surface area contributed by atoms with Crippen LogP contribution >= 0.6 is 0 Å². The van der Waals surface area contributed by atoms with Crippen LogP contribution in [-0.4, -0.2) is 29.3 Å². The molecule has 0 heterocycles. The van der Waals surface area contributed by atoms with Crippen molar-refractivity contribution in [2.45, 2.75) is 0 Å². The van der Waals surface area contributed by atoms with Crippen LogP contribution in [0, 0.1) is 27.3 Å². The fraction of sp³-hybridized carbons (Fsp3) is 0.200. The molecule has 0 fully saturated rings. The monoisotopic (exact) mass is 237 g/mol. The molecule has 7 heteroatoms. The molecule has 1 rings (SSSR count). The van der Waals surface area contributed by atoms with Crippen molar-refractivity contribution in [1.29, 1.82) is 5.26 Å². The van der Waals surface area contributed by atoms with E-state index < -0.39 is 22.2 Å². The number of nitro groups is 1. The molecule has 1 amide bonds. The first-order valence-corrected chi connectivity index (χ1v) is 4.53. The van der Waals surface area contributed by atoms with Gasteiger partial charge in [-0.3, -0.25) is 14.9 Å². The van der Waals surface area contributed by atoms with E-state index in [1.807, 2.05) is 0 Å². The summed E-state index contributed by atoms with van der Waals surface area (Å²) in [5.41, 5.74) is -0.794. The molecule has 0 saturated heterocycles. The van der Waals surface area contributed by atoms with Crippen LogP contribution in [0.3, 0.4) is 0 Å².